The van der Waals surface area contributed by atoms with Crippen molar-refractivity contribution in [3.05, 3.63) is 63.4 Å². The molecule has 1 aliphatic rings. The molecule has 3 rings (SSSR count). The van der Waals surface area contributed by atoms with E-state index in [9.17, 15) is 19.5 Å². The first kappa shape index (κ1) is 30.4. The first-order valence-electron chi connectivity index (χ1n) is 13.1. The number of carbonyl (C=O) groups excluding carboxylic acids is 3. The number of aliphatic hydroxyl groups is 1. The van der Waals surface area contributed by atoms with E-state index in [1.165, 1.54) is 6.20 Å². The molecule has 1 amide bonds. The second kappa shape index (κ2) is 13.8. The van der Waals surface area contributed by atoms with Crippen LogP contribution in [-0.2, 0) is 26.2 Å². The minimum absolute atomic E-state index is 0.0640. The Morgan fingerprint density at radius 2 is 1.95 bits per heavy atom. The van der Waals surface area contributed by atoms with E-state index >= 15 is 0 Å². The molecule has 3 N–H and O–H groups in total. The maximum absolute atomic E-state index is 13.0. The van der Waals surface area contributed by atoms with Gasteiger partial charge in [0.15, 0.2) is 5.78 Å². The van der Waals surface area contributed by atoms with Crippen LogP contribution < -0.4 is 10.6 Å². The quantitative estimate of drug-likeness (QED) is 0.337. The topological polar surface area (TPSA) is 130 Å². The number of aliphatic hydroxyl groups excluding tert-OH is 1. The van der Waals surface area contributed by atoms with Gasteiger partial charge in [-0.05, 0) is 47.2 Å². The van der Waals surface area contributed by atoms with Gasteiger partial charge in [0.1, 0.15) is 5.84 Å². The zero-order valence-corrected chi connectivity index (χ0v) is 24.5. The Balaban J connectivity index is 1.66. The van der Waals surface area contributed by atoms with Gasteiger partial charge in [0.25, 0.3) is 5.91 Å². The fraction of sp³-hybridized carbons (Fsp3) is 0.483. The molecule has 0 spiro atoms. The lowest BCUT2D eigenvalue weighted by atomic mass is 9.83. The number of esters is 1. The first-order valence-corrected chi connectivity index (χ1v) is 13.9. The van der Waals surface area contributed by atoms with Crippen molar-refractivity contribution in [2.45, 2.75) is 64.4 Å². The average molecular weight is 602 g/mol. The molecule has 9 nitrogen and oxygen atoms in total. The summed E-state index contributed by atoms with van der Waals surface area (Å²) in [7, 11) is 0. The molecule has 1 aromatic heterocycles. The molecule has 0 bridgehead atoms. The van der Waals surface area contributed by atoms with E-state index in [1.54, 1.807) is 19.2 Å². The summed E-state index contributed by atoms with van der Waals surface area (Å²) in [6.45, 7) is 8.93. The van der Waals surface area contributed by atoms with E-state index < -0.39 is 12.0 Å². The minimum atomic E-state index is -0.498. The molecular formula is C29H37BrN4O5. The maximum atomic E-state index is 13.0. The summed E-state index contributed by atoms with van der Waals surface area (Å²) in [4.78, 5) is 46.6. The van der Waals surface area contributed by atoms with Crippen LogP contribution in [0.25, 0.3) is 0 Å². The number of aromatic nitrogens is 1. The van der Waals surface area contributed by atoms with Crippen molar-refractivity contribution in [1.29, 1.82) is 0 Å². The van der Waals surface area contributed by atoms with E-state index in [0.29, 0.717) is 25.1 Å². The molecule has 0 fully saturated rings. The standard InChI is InChI=1S/C29H37BrN4O5/c1-5-39-27(37)11-20(19-8-22(29(2,3)4)12-23(30)9-19)10-24(35)15-34-28(38)21-6-18(13-31-14-21)7-26-32-16-25(36)17-33-26/h6,8-9,12-14,20,25,36H,5,7,10-11,15-17H2,1-4H3,(H,32,33)(H,34,38)/t20-/m0/s1. The van der Waals surface area contributed by atoms with Crippen LogP contribution in [0.1, 0.15) is 73.5 Å². The highest BCUT2D eigenvalue weighted by molar-refractivity contribution is 9.10. The van der Waals surface area contributed by atoms with Gasteiger partial charge < -0.3 is 20.5 Å². The summed E-state index contributed by atoms with van der Waals surface area (Å²) >= 11 is 3.57. The number of halogens is 1. The predicted octanol–water partition coefficient (Wildman–Crippen LogP) is 3.47. The van der Waals surface area contributed by atoms with Crippen LogP contribution in [0.5, 0.6) is 0 Å². The summed E-state index contributed by atoms with van der Waals surface area (Å²) in [5, 5.41) is 15.3. The number of ketones is 1. The molecule has 0 saturated carbocycles. The van der Waals surface area contributed by atoms with Crippen LogP contribution in [0, 0.1) is 0 Å². The monoisotopic (exact) mass is 600 g/mol. The number of amidine groups is 1. The summed E-state index contributed by atoms with van der Waals surface area (Å²) in [6, 6.07) is 7.70. The number of benzene rings is 1. The van der Waals surface area contributed by atoms with Gasteiger partial charge in [-0.3, -0.25) is 24.4 Å². The van der Waals surface area contributed by atoms with Gasteiger partial charge in [-0.1, -0.05) is 42.8 Å². The number of Topliss-reactive ketones (excluding diaryl/α,β-unsaturated/α-hetero) is 1. The summed E-state index contributed by atoms with van der Waals surface area (Å²) in [6.07, 6.45) is 3.20. The van der Waals surface area contributed by atoms with Crippen LogP contribution in [0.4, 0.5) is 0 Å². The summed E-state index contributed by atoms with van der Waals surface area (Å²) in [5.74, 6) is -0.639. The first-order chi connectivity index (χ1) is 18.4. The third-order valence-corrected chi connectivity index (χ3v) is 6.82. The molecule has 10 heteroatoms. The minimum Gasteiger partial charge on any atom is -0.466 e. The van der Waals surface area contributed by atoms with Crippen LogP contribution in [0.2, 0.25) is 0 Å². The second-order valence-electron chi connectivity index (χ2n) is 10.7. The van der Waals surface area contributed by atoms with Gasteiger partial charge in [-0.25, -0.2) is 0 Å². The number of nitrogens with one attached hydrogen (secondary N) is 2. The molecule has 1 aliphatic heterocycles. The predicted molar refractivity (Wildman–Crippen MR) is 153 cm³/mol. The molecule has 0 aliphatic carbocycles. The molecule has 1 aromatic carbocycles. The highest BCUT2D eigenvalue weighted by Gasteiger charge is 2.24. The fourth-order valence-corrected chi connectivity index (χ4v) is 4.74. The Kier molecular flexibility index (Phi) is 10.8. The van der Waals surface area contributed by atoms with Crippen molar-refractivity contribution >= 4 is 39.4 Å². The van der Waals surface area contributed by atoms with Crippen molar-refractivity contribution in [3.8, 4) is 0 Å². The largest absolute Gasteiger partial charge is 0.466 e. The molecular weight excluding hydrogens is 564 g/mol. The molecule has 0 saturated heterocycles. The van der Waals surface area contributed by atoms with Crippen molar-refractivity contribution in [2.75, 3.05) is 26.2 Å². The molecule has 0 radical (unpaired) electrons. The maximum Gasteiger partial charge on any atom is 0.306 e. The van der Waals surface area contributed by atoms with E-state index in [2.05, 4.69) is 57.3 Å². The average Bonchev–Trinajstić information content (AvgIpc) is 2.87. The van der Waals surface area contributed by atoms with Crippen LogP contribution in [0.3, 0.4) is 0 Å². The fourth-order valence-electron chi connectivity index (χ4n) is 4.23. The van der Waals surface area contributed by atoms with Crippen molar-refractivity contribution in [2.24, 2.45) is 4.99 Å². The Labute approximate surface area is 238 Å². The van der Waals surface area contributed by atoms with Crippen LogP contribution >= 0.6 is 15.9 Å². The summed E-state index contributed by atoms with van der Waals surface area (Å²) < 4.78 is 6.04. The molecule has 2 heterocycles. The summed E-state index contributed by atoms with van der Waals surface area (Å²) in [5.41, 5.74) is 2.95. The molecule has 39 heavy (non-hydrogen) atoms. The number of carbonyl (C=O) groups is 3. The van der Waals surface area contributed by atoms with Crippen molar-refractivity contribution < 1.29 is 24.2 Å². The zero-order valence-electron chi connectivity index (χ0n) is 22.9. The Hall–Kier alpha value is -3.11. The van der Waals surface area contributed by atoms with E-state index in [-0.39, 0.29) is 49.1 Å². The number of hydrogen-bond donors (Lipinski definition) is 3. The van der Waals surface area contributed by atoms with Crippen molar-refractivity contribution in [1.82, 2.24) is 15.6 Å². The normalized spacial score (nSPS) is 16.1. The van der Waals surface area contributed by atoms with Gasteiger partial charge >= 0.3 is 5.97 Å². The SMILES string of the molecule is CCOC(=O)C[C@H](CC(=O)CNC(=O)c1cncc(CC2=NCC(O)CN2)c1)c1cc(Br)cc(C(C)(C)C)c1. The Morgan fingerprint density at radius 1 is 1.18 bits per heavy atom. The zero-order chi connectivity index (χ0) is 28.6. The number of aliphatic imine (C=N–C) groups is 1. The number of rotatable bonds is 11. The lowest BCUT2D eigenvalue weighted by Crippen LogP contribution is -2.39. The highest BCUT2D eigenvalue weighted by atomic mass is 79.9. The second-order valence-corrected chi connectivity index (χ2v) is 11.7. The van der Waals surface area contributed by atoms with Crippen molar-refractivity contribution in [3.63, 3.8) is 0 Å². The van der Waals surface area contributed by atoms with Gasteiger partial charge in [0.2, 0.25) is 0 Å². The molecule has 210 valence electrons. The molecule has 2 atom stereocenters. The van der Waals surface area contributed by atoms with Gasteiger partial charge in [-0.2, -0.15) is 0 Å². The molecule has 1 unspecified atom stereocenters. The third-order valence-electron chi connectivity index (χ3n) is 6.36. The van der Waals surface area contributed by atoms with E-state index in [4.69, 9.17) is 4.74 Å². The van der Waals surface area contributed by atoms with Gasteiger partial charge in [0, 0.05) is 42.2 Å². The number of β-amino-alcohol motifs (C(OH)–C–C–N with tert-alkyl or cyclic N) is 1. The number of amides is 1. The Bertz CT molecular complexity index is 1220. The van der Waals surface area contributed by atoms with Gasteiger partial charge in [-0.15, -0.1) is 0 Å². The molecule has 2 aromatic rings. The van der Waals surface area contributed by atoms with Crippen LogP contribution in [-0.4, -0.2) is 65.9 Å². The number of ether oxygens (including phenoxy) is 1. The van der Waals surface area contributed by atoms with E-state index in [1.807, 2.05) is 18.2 Å². The smallest absolute Gasteiger partial charge is 0.306 e. The lowest BCUT2D eigenvalue weighted by Gasteiger charge is -2.23. The van der Waals surface area contributed by atoms with Gasteiger partial charge in [0.05, 0.1) is 37.8 Å². The van der Waals surface area contributed by atoms with Crippen LogP contribution in [0.15, 0.2) is 46.1 Å². The highest BCUT2D eigenvalue weighted by Crippen LogP contribution is 2.32. The Morgan fingerprint density at radius 3 is 2.62 bits per heavy atom. The number of hydrogen-bond acceptors (Lipinski definition) is 8. The number of nitrogens with zero attached hydrogens (tertiary/aromatic N) is 2. The third kappa shape index (κ3) is 9.54. The lowest BCUT2D eigenvalue weighted by molar-refractivity contribution is -0.143. The van der Waals surface area contributed by atoms with E-state index in [0.717, 1.165) is 27.0 Å². The number of pyridine rings is 1.